The average Bonchev–Trinajstić information content (AvgIpc) is 3.30. The van der Waals surface area contributed by atoms with Crippen LogP contribution in [0.3, 0.4) is 0 Å². The second-order valence-corrected chi connectivity index (χ2v) is 16.9. The van der Waals surface area contributed by atoms with Gasteiger partial charge in [-0.25, -0.2) is 0 Å². The second-order valence-electron chi connectivity index (χ2n) is 16.9. The Kier molecular flexibility index (Phi) is 57.8. The van der Waals surface area contributed by atoms with E-state index in [9.17, 15) is 15.3 Å². The summed E-state index contributed by atoms with van der Waals surface area (Å²) in [7, 11) is 0. The molecule has 6 atom stereocenters. The summed E-state index contributed by atoms with van der Waals surface area (Å²) < 4.78 is 0. The van der Waals surface area contributed by atoms with Gasteiger partial charge in [0, 0.05) is 0 Å². The van der Waals surface area contributed by atoms with Gasteiger partial charge in [0.05, 0.1) is 56.3 Å². The minimum absolute atomic E-state index is 0.191. The van der Waals surface area contributed by atoms with E-state index < -0.39 is 36.4 Å². The van der Waals surface area contributed by atoms with E-state index in [-0.39, 0.29) is 19.8 Å². The van der Waals surface area contributed by atoms with Crippen LogP contribution in [-0.4, -0.2) is 86.9 Å². The third-order valence-corrected chi connectivity index (χ3v) is 10.7. The summed E-state index contributed by atoms with van der Waals surface area (Å²) in [4.78, 5) is 0. The molecule has 63 heavy (non-hydrogen) atoms. The van der Waals surface area contributed by atoms with Gasteiger partial charge < -0.3 is 47.8 Å². The molecule has 12 N–H and O–H groups in total. The van der Waals surface area contributed by atoms with Gasteiger partial charge in [0.15, 0.2) is 0 Å². The molecule has 0 spiro atoms. The second kappa shape index (κ2) is 56.0. The van der Waals surface area contributed by atoms with Crippen molar-refractivity contribution in [1.29, 1.82) is 0 Å². The molecule has 0 aromatic rings. The molecule has 0 aromatic carbocycles. The minimum atomic E-state index is -0.795. The van der Waals surface area contributed by atoms with E-state index in [4.69, 9.17) is 32.5 Å². The zero-order chi connectivity index (χ0) is 47.3. The largest absolute Gasteiger partial charge is 0.395 e. The molecular formula is C54H103N3O6. The van der Waals surface area contributed by atoms with Gasteiger partial charge >= 0.3 is 0 Å². The lowest BCUT2D eigenvalue weighted by molar-refractivity contribution is 0.143. The number of aliphatic hydroxyl groups is 6. The van der Waals surface area contributed by atoms with Crippen molar-refractivity contribution in [3.63, 3.8) is 0 Å². The topological polar surface area (TPSA) is 199 Å². The maximum atomic E-state index is 9.51. The fourth-order valence-corrected chi connectivity index (χ4v) is 6.26. The van der Waals surface area contributed by atoms with Crippen molar-refractivity contribution in [3.8, 4) is 0 Å². The highest BCUT2D eigenvalue weighted by atomic mass is 16.3. The van der Waals surface area contributed by atoms with Crippen molar-refractivity contribution >= 4 is 0 Å². The van der Waals surface area contributed by atoms with Gasteiger partial charge in [-0.3, -0.25) is 0 Å². The third kappa shape index (κ3) is 54.1. The molecule has 0 heterocycles. The quantitative estimate of drug-likeness (QED) is 0.0163. The molecule has 9 heteroatoms. The molecule has 0 radical (unpaired) electrons. The van der Waals surface area contributed by atoms with Crippen molar-refractivity contribution in [2.24, 2.45) is 17.2 Å². The van der Waals surface area contributed by atoms with Gasteiger partial charge in [-0.05, 0) is 51.4 Å². The predicted octanol–water partition coefficient (Wildman–Crippen LogP) is 10.9. The SMILES string of the molecule is CCCCCCCCC/C=C/C=C/C=C/C(O)C(N)CO.CCCCCCCCC/C=C/CC/C=C/C(O)C(N)CO.CCCCCCCCCCC/C=C/C=C/C(O)C(N)CO. The van der Waals surface area contributed by atoms with Crippen molar-refractivity contribution in [3.05, 3.63) is 85.1 Å². The Bertz CT molecular complexity index is 1090. The molecule has 0 aromatic heterocycles. The Hall–Kier alpha value is -2.18. The van der Waals surface area contributed by atoms with E-state index in [1.165, 1.54) is 154 Å². The molecule has 0 aliphatic carbocycles. The Balaban J connectivity index is -0.000000857. The molecule has 9 nitrogen and oxygen atoms in total. The van der Waals surface area contributed by atoms with Gasteiger partial charge in [0.1, 0.15) is 0 Å². The summed E-state index contributed by atoms with van der Waals surface area (Å²) in [5.41, 5.74) is 16.5. The van der Waals surface area contributed by atoms with Gasteiger partial charge in [-0.2, -0.15) is 0 Å². The van der Waals surface area contributed by atoms with E-state index in [2.05, 4.69) is 45.1 Å². The van der Waals surface area contributed by atoms with Crippen LogP contribution >= 0.6 is 0 Å². The van der Waals surface area contributed by atoms with Crippen LogP contribution in [0.4, 0.5) is 0 Å². The monoisotopic (exact) mass is 890 g/mol. The van der Waals surface area contributed by atoms with Crippen LogP contribution < -0.4 is 17.2 Å². The van der Waals surface area contributed by atoms with Gasteiger partial charge in [0.25, 0.3) is 0 Å². The van der Waals surface area contributed by atoms with Gasteiger partial charge in [0.2, 0.25) is 0 Å². The lowest BCUT2D eigenvalue weighted by atomic mass is 10.1. The average molecular weight is 890 g/mol. The highest BCUT2D eigenvalue weighted by Gasteiger charge is 2.10. The lowest BCUT2D eigenvalue weighted by Gasteiger charge is -2.11. The maximum Gasteiger partial charge on any atom is 0.0897 e. The number of rotatable bonds is 41. The van der Waals surface area contributed by atoms with Crippen LogP contribution in [0.25, 0.3) is 0 Å². The zero-order valence-electron chi connectivity index (χ0n) is 40.9. The molecule has 0 saturated heterocycles. The van der Waals surface area contributed by atoms with E-state index in [1.807, 2.05) is 30.4 Å². The molecule has 0 amide bonds. The first-order chi connectivity index (χ1) is 30.7. The summed E-state index contributed by atoms with van der Waals surface area (Å²) in [6.45, 7) is 6.15. The molecule has 0 rings (SSSR count). The summed E-state index contributed by atoms with van der Waals surface area (Å²) in [6, 6.07) is -1.77. The van der Waals surface area contributed by atoms with Crippen LogP contribution in [0.15, 0.2) is 85.1 Å². The van der Waals surface area contributed by atoms with Crippen LogP contribution in [0.5, 0.6) is 0 Å². The Morgan fingerprint density at radius 1 is 0.302 bits per heavy atom. The maximum absolute atomic E-state index is 9.51. The molecule has 370 valence electrons. The van der Waals surface area contributed by atoms with E-state index >= 15 is 0 Å². The fraction of sp³-hybridized carbons (Fsp3) is 0.741. The first-order valence-electron chi connectivity index (χ1n) is 25.4. The highest BCUT2D eigenvalue weighted by Crippen LogP contribution is 2.12. The van der Waals surface area contributed by atoms with Crippen molar-refractivity contribution in [1.82, 2.24) is 0 Å². The van der Waals surface area contributed by atoms with E-state index in [0.29, 0.717) is 0 Å². The predicted molar refractivity (Wildman–Crippen MR) is 273 cm³/mol. The normalized spacial score (nSPS) is 15.2. The Labute approximate surface area is 388 Å². The summed E-state index contributed by atoms with van der Waals surface area (Å²) in [6.07, 6.45) is 60.9. The number of hydrogen-bond donors (Lipinski definition) is 9. The van der Waals surface area contributed by atoms with Crippen LogP contribution in [0, 0.1) is 0 Å². The number of unbranched alkanes of at least 4 members (excludes halogenated alkanes) is 24. The van der Waals surface area contributed by atoms with Crippen molar-refractivity contribution in [2.45, 2.75) is 237 Å². The van der Waals surface area contributed by atoms with Crippen LogP contribution in [0.1, 0.15) is 201 Å². The fourth-order valence-electron chi connectivity index (χ4n) is 6.26. The summed E-state index contributed by atoms with van der Waals surface area (Å²) in [5.74, 6) is 0. The molecule has 0 aliphatic rings. The third-order valence-electron chi connectivity index (χ3n) is 10.7. The summed E-state index contributed by atoms with van der Waals surface area (Å²) in [5, 5.41) is 54.8. The molecule has 0 fully saturated rings. The first-order valence-corrected chi connectivity index (χ1v) is 25.4. The van der Waals surface area contributed by atoms with Gasteiger partial charge in [-0.1, -0.05) is 234 Å². The minimum Gasteiger partial charge on any atom is -0.395 e. The number of hydrogen-bond acceptors (Lipinski definition) is 9. The number of nitrogens with two attached hydrogens (primary N) is 3. The first kappa shape index (κ1) is 65.1. The van der Waals surface area contributed by atoms with E-state index in [1.54, 1.807) is 30.4 Å². The highest BCUT2D eigenvalue weighted by molar-refractivity contribution is 5.13. The molecule has 0 saturated carbocycles. The van der Waals surface area contributed by atoms with Gasteiger partial charge in [-0.15, -0.1) is 0 Å². The Morgan fingerprint density at radius 2 is 0.571 bits per heavy atom. The Morgan fingerprint density at radius 3 is 0.952 bits per heavy atom. The molecule has 6 unspecified atom stereocenters. The smallest absolute Gasteiger partial charge is 0.0897 e. The summed E-state index contributed by atoms with van der Waals surface area (Å²) >= 11 is 0. The van der Waals surface area contributed by atoms with Crippen LogP contribution in [-0.2, 0) is 0 Å². The van der Waals surface area contributed by atoms with E-state index in [0.717, 1.165) is 25.7 Å². The zero-order valence-corrected chi connectivity index (χ0v) is 40.9. The van der Waals surface area contributed by atoms with Crippen molar-refractivity contribution in [2.75, 3.05) is 19.8 Å². The molecular weight excluding hydrogens is 787 g/mol. The van der Waals surface area contributed by atoms with Crippen molar-refractivity contribution < 1.29 is 30.6 Å². The molecule has 0 bridgehead atoms. The lowest BCUT2D eigenvalue weighted by Crippen LogP contribution is -2.36. The standard InChI is InChI=1S/2C18H35NO2.C18H33NO2/c3*1-2-3-4-5-6-7-8-9-10-11-12-13-14-15-18(21)17(19)16-20/h12-15,17-18,20-21H,2-11,16,19H2,1H3;10-11,14-15,17-18,20-21H,2-9,12-13,16,19H2,1H3;10-15,17-18,20-21H,2-9,16,19H2,1H3/b13-12+,15-14+;11-10+,15-14+;11-10+,13-12+,15-14+. The number of allylic oxidation sites excluding steroid dienone is 11. The molecule has 0 aliphatic heterocycles. The van der Waals surface area contributed by atoms with Crippen LogP contribution in [0.2, 0.25) is 0 Å². The number of aliphatic hydroxyl groups excluding tert-OH is 6.